The van der Waals surface area contributed by atoms with Gasteiger partial charge in [0.15, 0.2) is 0 Å². The fourth-order valence-electron chi connectivity index (χ4n) is 2.08. The molecule has 0 fully saturated rings. The molecule has 1 aliphatic carbocycles. The average molecular weight is 292 g/mol. The molecular weight excluding hydrogens is 264 g/mol. The first kappa shape index (κ1) is 17.5. The third kappa shape index (κ3) is 6.61. The summed E-state index contributed by atoms with van der Waals surface area (Å²) in [6, 6.07) is 0.539. The van der Waals surface area contributed by atoms with Crippen LogP contribution in [0, 0.1) is 5.92 Å². The van der Waals surface area contributed by atoms with E-state index in [1.807, 2.05) is 26.4 Å². The molecular formula is C17H28N2O2. The van der Waals surface area contributed by atoms with Crippen LogP contribution in [0.3, 0.4) is 0 Å². The molecule has 2 rings (SSSR count). The first-order valence-corrected chi connectivity index (χ1v) is 7.73. The Morgan fingerprint density at radius 1 is 1.38 bits per heavy atom. The van der Waals surface area contributed by atoms with Crippen molar-refractivity contribution in [2.75, 3.05) is 0 Å². The normalized spacial score (nSPS) is 18.0. The Bertz CT molecular complexity index is 447. The number of carbonyl (C=O) groups is 1. The van der Waals surface area contributed by atoms with Gasteiger partial charge in [-0.3, -0.25) is 4.79 Å². The predicted molar refractivity (Wildman–Crippen MR) is 84.9 cm³/mol. The van der Waals surface area contributed by atoms with E-state index in [0.717, 1.165) is 19.3 Å². The Hall–Kier alpha value is -1.58. The van der Waals surface area contributed by atoms with E-state index in [1.54, 1.807) is 6.20 Å². The van der Waals surface area contributed by atoms with Gasteiger partial charge in [0, 0.05) is 18.4 Å². The number of ether oxygens (including phenoxy) is 1. The molecule has 0 spiro atoms. The Balaban J connectivity index is 0.000000235. The van der Waals surface area contributed by atoms with E-state index in [2.05, 4.69) is 36.4 Å². The lowest BCUT2D eigenvalue weighted by Gasteiger charge is -2.20. The van der Waals surface area contributed by atoms with Crippen LogP contribution in [0.15, 0.2) is 30.4 Å². The lowest BCUT2D eigenvalue weighted by atomic mass is 9.90. The summed E-state index contributed by atoms with van der Waals surface area (Å²) in [4.78, 5) is 15.4. The highest BCUT2D eigenvalue weighted by Gasteiger charge is 2.22. The van der Waals surface area contributed by atoms with Crippen molar-refractivity contribution >= 4 is 5.97 Å². The molecule has 0 radical (unpaired) electrons. The highest BCUT2D eigenvalue weighted by molar-refractivity contribution is 5.73. The van der Waals surface area contributed by atoms with Crippen molar-refractivity contribution in [3.8, 4) is 0 Å². The van der Waals surface area contributed by atoms with Crippen LogP contribution in [0.4, 0.5) is 0 Å². The number of esters is 1. The Kier molecular flexibility index (Phi) is 7.20. The van der Waals surface area contributed by atoms with Crippen molar-refractivity contribution in [1.82, 2.24) is 9.55 Å². The molecule has 0 saturated carbocycles. The number of imidazole rings is 1. The number of hydrogen-bond donors (Lipinski definition) is 0. The van der Waals surface area contributed by atoms with Gasteiger partial charge in [-0.25, -0.2) is 4.98 Å². The van der Waals surface area contributed by atoms with Crippen molar-refractivity contribution in [1.29, 1.82) is 0 Å². The van der Waals surface area contributed by atoms with Gasteiger partial charge < -0.3 is 9.30 Å². The molecule has 4 heteroatoms. The molecule has 0 unspecified atom stereocenters. The summed E-state index contributed by atoms with van der Waals surface area (Å²) in [5, 5.41) is 0. The molecule has 1 atom stereocenters. The highest BCUT2D eigenvalue weighted by atomic mass is 16.5. The van der Waals surface area contributed by atoms with Crippen LogP contribution in [-0.4, -0.2) is 21.6 Å². The Morgan fingerprint density at radius 2 is 2.10 bits per heavy atom. The number of nitrogens with zero attached hydrogens (tertiary/aromatic N) is 2. The van der Waals surface area contributed by atoms with Crippen LogP contribution in [0.5, 0.6) is 0 Å². The monoisotopic (exact) mass is 292 g/mol. The fourth-order valence-corrected chi connectivity index (χ4v) is 2.08. The SMILES string of the molecule is CC(C)n1ccnc1.CC1=CC[C@H](C(=O)OC(C)C)CC1. The molecule has 0 N–H and O–H groups in total. The van der Waals surface area contributed by atoms with Gasteiger partial charge in [0.1, 0.15) is 0 Å². The third-order valence-electron chi connectivity index (χ3n) is 3.44. The van der Waals surface area contributed by atoms with E-state index in [4.69, 9.17) is 4.74 Å². The standard InChI is InChI=1S/C11H18O2.C6H10N2/c1-8(2)13-11(12)10-6-4-9(3)5-7-10;1-6(2)8-4-3-7-5-8/h4,8,10H,5-7H2,1-3H3;3-6H,1-2H3/t10-;/m0./s1. The van der Waals surface area contributed by atoms with Gasteiger partial charge in [-0.1, -0.05) is 11.6 Å². The molecule has 1 aromatic rings. The Labute approximate surface area is 128 Å². The largest absolute Gasteiger partial charge is 0.463 e. The van der Waals surface area contributed by atoms with Crippen molar-refractivity contribution in [2.45, 2.75) is 66.0 Å². The number of hydrogen-bond acceptors (Lipinski definition) is 3. The second-order valence-electron chi connectivity index (χ2n) is 6.11. The molecule has 0 bridgehead atoms. The van der Waals surface area contributed by atoms with E-state index in [0.29, 0.717) is 6.04 Å². The van der Waals surface area contributed by atoms with E-state index in [-0.39, 0.29) is 18.0 Å². The van der Waals surface area contributed by atoms with Crippen molar-refractivity contribution in [2.24, 2.45) is 5.92 Å². The summed E-state index contributed by atoms with van der Waals surface area (Å²) in [6.07, 6.45) is 10.6. The number of aromatic nitrogens is 2. The number of rotatable bonds is 3. The van der Waals surface area contributed by atoms with E-state index in [9.17, 15) is 4.79 Å². The topological polar surface area (TPSA) is 44.1 Å². The minimum atomic E-state index is -0.0289. The molecule has 0 saturated heterocycles. The molecule has 118 valence electrons. The van der Waals surface area contributed by atoms with E-state index in [1.165, 1.54) is 5.57 Å². The first-order chi connectivity index (χ1) is 9.90. The maximum absolute atomic E-state index is 11.5. The van der Waals surface area contributed by atoms with Crippen LogP contribution in [0.1, 0.15) is 59.9 Å². The van der Waals surface area contributed by atoms with Gasteiger partial charge >= 0.3 is 5.97 Å². The third-order valence-corrected chi connectivity index (χ3v) is 3.44. The summed E-state index contributed by atoms with van der Waals surface area (Å²) in [5.41, 5.74) is 1.40. The Morgan fingerprint density at radius 3 is 2.48 bits per heavy atom. The van der Waals surface area contributed by atoms with Gasteiger partial charge in [0.2, 0.25) is 0 Å². The fraction of sp³-hybridized carbons (Fsp3) is 0.647. The van der Waals surface area contributed by atoms with Gasteiger partial charge in [-0.2, -0.15) is 0 Å². The zero-order chi connectivity index (χ0) is 15.8. The van der Waals surface area contributed by atoms with Crippen LogP contribution in [0.2, 0.25) is 0 Å². The number of allylic oxidation sites excluding steroid dienone is 2. The predicted octanol–water partition coefficient (Wildman–Crippen LogP) is 4.15. The molecule has 1 aromatic heterocycles. The van der Waals surface area contributed by atoms with Crippen LogP contribution in [0.25, 0.3) is 0 Å². The molecule has 4 nitrogen and oxygen atoms in total. The summed E-state index contributed by atoms with van der Waals surface area (Å²) >= 11 is 0. The highest BCUT2D eigenvalue weighted by Crippen LogP contribution is 2.24. The maximum Gasteiger partial charge on any atom is 0.309 e. The molecule has 0 aliphatic heterocycles. The quantitative estimate of drug-likeness (QED) is 0.621. The average Bonchev–Trinajstić information content (AvgIpc) is 2.93. The van der Waals surface area contributed by atoms with Crippen molar-refractivity contribution in [3.63, 3.8) is 0 Å². The second-order valence-corrected chi connectivity index (χ2v) is 6.11. The lowest BCUT2D eigenvalue weighted by Crippen LogP contribution is -2.22. The second kappa shape index (κ2) is 8.65. The summed E-state index contributed by atoms with van der Waals surface area (Å²) in [7, 11) is 0. The molecule has 21 heavy (non-hydrogen) atoms. The van der Waals surface area contributed by atoms with E-state index < -0.39 is 0 Å². The molecule has 0 amide bonds. The summed E-state index contributed by atoms with van der Waals surface area (Å²) in [5.74, 6) is 0.0739. The molecule has 1 aliphatic rings. The first-order valence-electron chi connectivity index (χ1n) is 7.73. The minimum absolute atomic E-state index is 0.0134. The number of carbonyl (C=O) groups excluding carboxylic acids is 1. The molecule has 1 heterocycles. The maximum atomic E-state index is 11.5. The van der Waals surface area contributed by atoms with Gasteiger partial charge in [-0.05, 0) is 53.9 Å². The van der Waals surface area contributed by atoms with Crippen molar-refractivity contribution < 1.29 is 9.53 Å². The summed E-state index contributed by atoms with van der Waals surface area (Å²) in [6.45, 7) is 10.1. The van der Waals surface area contributed by atoms with Crippen molar-refractivity contribution in [3.05, 3.63) is 30.4 Å². The zero-order valence-corrected chi connectivity index (χ0v) is 13.9. The minimum Gasteiger partial charge on any atom is -0.463 e. The van der Waals surface area contributed by atoms with E-state index >= 15 is 0 Å². The van der Waals surface area contributed by atoms with Crippen LogP contribution >= 0.6 is 0 Å². The summed E-state index contributed by atoms with van der Waals surface area (Å²) < 4.78 is 7.21. The smallest absolute Gasteiger partial charge is 0.309 e. The molecule has 0 aromatic carbocycles. The lowest BCUT2D eigenvalue weighted by molar-refractivity contribution is -0.152. The van der Waals surface area contributed by atoms with Crippen LogP contribution in [-0.2, 0) is 9.53 Å². The van der Waals surface area contributed by atoms with Gasteiger partial charge in [0.05, 0.1) is 18.3 Å². The van der Waals surface area contributed by atoms with Gasteiger partial charge in [-0.15, -0.1) is 0 Å². The van der Waals surface area contributed by atoms with Crippen LogP contribution < -0.4 is 0 Å². The zero-order valence-electron chi connectivity index (χ0n) is 13.9. The van der Waals surface area contributed by atoms with Gasteiger partial charge in [0.25, 0.3) is 0 Å².